The molecule has 9 heteroatoms. The summed E-state index contributed by atoms with van der Waals surface area (Å²) in [6.07, 6.45) is 6.23. The van der Waals surface area contributed by atoms with E-state index in [9.17, 15) is 9.59 Å². The second-order valence-electron chi connectivity index (χ2n) is 11.5. The van der Waals surface area contributed by atoms with Gasteiger partial charge < -0.3 is 4.90 Å². The monoisotopic (exact) mass is 615 g/mol. The number of rotatable bonds is 7. The predicted molar refractivity (Wildman–Crippen MR) is 179 cm³/mol. The number of thiazole rings is 1. The number of aromatic nitrogens is 2. The molecule has 0 unspecified atom stereocenters. The molecular weight excluding hydrogens is 578 g/mol. The molecule has 0 saturated carbocycles. The molecule has 1 saturated heterocycles. The third kappa shape index (κ3) is 6.93. The Hall–Kier alpha value is -3.72. The van der Waals surface area contributed by atoms with Gasteiger partial charge in [0.25, 0.3) is 11.5 Å². The molecule has 1 aliphatic rings. The van der Waals surface area contributed by atoms with E-state index >= 15 is 0 Å². The summed E-state index contributed by atoms with van der Waals surface area (Å²) in [7, 11) is 3.87. The van der Waals surface area contributed by atoms with Gasteiger partial charge in [-0.2, -0.15) is 0 Å². The second-order valence-corrected chi connectivity index (χ2v) is 12.8. The molecule has 4 aromatic rings. The number of allylic oxidation sites excluding steroid dienone is 1. The summed E-state index contributed by atoms with van der Waals surface area (Å²) < 4.78 is 1.57. The lowest BCUT2D eigenvalue weighted by molar-refractivity contribution is 0.0793. The lowest BCUT2D eigenvalue weighted by Gasteiger charge is -2.23. The Morgan fingerprint density at radius 3 is 2.37 bits per heavy atom. The number of nitrogens with zero attached hydrogens (tertiary/aromatic N) is 4. The van der Waals surface area contributed by atoms with Gasteiger partial charge in [0.2, 0.25) is 0 Å². The van der Waals surface area contributed by atoms with Crippen LogP contribution in [0.3, 0.4) is 0 Å². The zero-order valence-corrected chi connectivity index (χ0v) is 27.0. The molecule has 1 amide bonds. The van der Waals surface area contributed by atoms with E-state index in [4.69, 9.17) is 16.6 Å². The van der Waals surface area contributed by atoms with Crippen LogP contribution in [0.4, 0.5) is 5.69 Å². The maximum absolute atomic E-state index is 14.5. The SMILES string of the molecule is CC(C)=Cc1c(C(=O)NN2CCCCCC2)cc(-c2nc(-c3ccc(C)cc3)cs2)c(=O)n1-c1cc(N(C)C)ccc1Cl. The Kier molecular flexibility index (Phi) is 9.49. The van der Waals surface area contributed by atoms with Crippen LogP contribution >= 0.6 is 22.9 Å². The summed E-state index contributed by atoms with van der Waals surface area (Å²) >= 11 is 8.18. The molecule has 1 fully saturated rings. The minimum Gasteiger partial charge on any atom is -0.378 e. The van der Waals surface area contributed by atoms with Gasteiger partial charge in [0.15, 0.2) is 0 Å². The van der Waals surface area contributed by atoms with E-state index in [-0.39, 0.29) is 11.5 Å². The first-order valence-corrected chi connectivity index (χ1v) is 15.9. The van der Waals surface area contributed by atoms with Crippen molar-refractivity contribution in [3.63, 3.8) is 0 Å². The zero-order valence-electron chi connectivity index (χ0n) is 25.4. The largest absolute Gasteiger partial charge is 0.378 e. The van der Waals surface area contributed by atoms with Gasteiger partial charge in [-0.25, -0.2) is 9.99 Å². The van der Waals surface area contributed by atoms with Crippen molar-refractivity contribution in [2.75, 3.05) is 32.1 Å². The summed E-state index contributed by atoms with van der Waals surface area (Å²) in [5.41, 5.74) is 9.31. The van der Waals surface area contributed by atoms with Crippen molar-refractivity contribution >= 4 is 40.6 Å². The Morgan fingerprint density at radius 2 is 1.72 bits per heavy atom. The van der Waals surface area contributed by atoms with Crippen LogP contribution in [0, 0.1) is 6.92 Å². The topological polar surface area (TPSA) is 70.5 Å². The first-order valence-electron chi connectivity index (χ1n) is 14.6. The van der Waals surface area contributed by atoms with Crippen LogP contribution in [0.1, 0.15) is 61.1 Å². The minimum atomic E-state index is -0.290. The van der Waals surface area contributed by atoms with Gasteiger partial charge in [-0.3, -0.25) is 19.6 Å². The molecule has 0 atom stereocenters. The first-order chi connectivity index (χ1) is 20.6. The van der Waals surface area contributed by atoms with Gasteiger partial charge >= 0.3 is 0 Å². The fourth-order valence-corrected chi connectivity index (χ4v) is 6.25. The highest BCUT2D eigenvalue weighted by atomic mass is 35.5. The Labute approximate surface area is 262 Å². The summed E-state index contributed by atoms with van der Waals surface area (Å²) in [6.45, 7) is 7.53. The number of halogens is 1. The standard InChI is InChI=1S/C34H38ClN5O2S/c1-22(2)18-30-26(32(41)37-39-16-8-6-7-9-17-39)20-27(33-36-29(21-43-33)24-12-10-23(3)11-13-24)34(42)40(30)31-19-25(38(4)5)14-15-28(31)35/h10-15,18-21H,6-9,16-17H2,1-5H3,(H,37,41). The summed E-state index contributed by atoms with van der Waals surface area (Å²) in [6, 6.07) is 15.4. The third-order valence-corrected chi connectivity index (χ3v) is 8.74. The molecule has 5 rings (SSSR count). The smallest absolute Gasteiger partial charge is 0.267 e. The highest BCUT2D eigenvalue weighted by Gasteiger charge is 2.25. The molecule has 43 heavy (non-hydrogen) atoms. The van der Waals surface area contributed by atoms with Crippen molar-refractivity contribution in [1.29, 1.82) is 0 Å². The van der Waals surface area contributed by atoms with Crippen molar-refractivity contribution in [3.8, 4) is 27.5 Å². The summed E-state index contributed by atoms with van der Waals surface area (Å²) in [4.78, 5) is 35.4. The average molecular weight is 616 g/mol. The van der Waals surface area contributed by atoms with Gasteiger partial charge in [0.1, 0.15) is 5.01 Å². The molecule has 0 spiro atoms. The summed E-state index contributed by atoms with van der Waals surface area (Å²) in [5.74, 6) is -0.264. The number of nitrogens with one attached hydrogen (secondary N) is 1. The van der Waals surface area contributed by atoms with Gasteiger partial charge in [-0.1, -0.05) is 59.8 Å². The number of hydrogen-bond acceptors (Lipinski definition) is 6. The molecule has 1 N–H and O–H groups in total. The fourth-order valence-electron chi connectivity index (χ4n) is 5.21. The van der Waals surface area contributed by atoms with Crippen LogP contribution < -0.4 is 15.9 Å². The highest BCUT2D eigenvalue weighted by molar-refractivity contribution is 7.13. The van der Waals surface area contributed by atoms with E-state index in [1.54, 1.807) is 16.7 Å². The second kappa shape index (κ2) is 13.3. The molecule has 2 aromatic carbocycles. The molecule has 2 aromatic heterocycles. The maximum Gasteiger partial charge on any atom is 0.267 e. The number of benzene rings is 2. The van der Waals surface area contributed by atoms with Crippen LogP contribution in [0.15, 0.2) is 64.3 Å². The van der Waals surface area contributed by atoms with Crippen molar-refractivity contribution in [3.05, 3.63) is 91.7 Å². The Bertz CT molecular complexity index is 1710. The predicted octanol–water partition coefficient (Wildman–Crippen LogP) is 7.60. The van der Waals surface area contributed by atoms with Crippen molar-refractivity contribution in [1.82, 2.24) is 20.0 Å². The van der Waals surface area contributed by atoms with Gasteiger partial charge in [0, 0.05) is 43.8 Å². The van der Waals surface area contributed by atoms with Gasteiger partial charge in [-0.15, -0.1) is 11.3 Å². The third-order valence-electron chi connectivity index (χ3n) is 7.54. The molecule has 0 bridgehead atoms. The Balaban J connectivity index is 1.74. The molecule has 3 heterocycles. The van der Waals surface area contributed by atoms with Crippen molar-refractivity contribution in [2.24, 2.45) is 0 Å². The average Bonchev–Trinajstić information content (AvgIpc) is 3.31. The van der Waals surface area contributed by atoms with E-state index in [0.29, 0.717) is 32.5 Å². The zero-order chi connectivity index (χ0) is 30.7. The van der Waals surface area contributed by atoms with E-state index in [2.05, 4.69) is 5.43 Å². The number of hydrogen-bond donors (Lipinski definition) is 1. The minimum absolute atomic E-state index is 0.264. The van der Waals surface area contributed by atoms with E-state index in [0.717, 1.165) is 66.9 Å². The molecule has 224 valence electrons. The number of pyridine rings is 1. The van der Waals surface area contributed by atoms with Crippen LogP contribution in [-0.2, 0) is 0 Å². The molecule has 1 aliphatic heterocycles. The number of anilines is 1. The summed E-state index contributed by atoms with van der Waals surface area (Å²) in [5, 5.41) is 4.90. The first kappa shape index (κ1) is 30.7. The molecular formula is C34H38ClN5O2S. The number of carbonyl (C=O) groups is 1. The van der Waals surface area contributed by atoms with Crippen molar-refractivity contribution < 1.29 is 4.79 Å². The lowest BCUT2D eigenvalue weighted by atomic mass is 10.1. The van der Waals surface area contributed by atoms with E-state index in [1.807, 2.05) is 92.6 Å². The van der Waals surface area contributed by atoms with Crippen molar-refractivity contribution in [2.45, 2.75) is 46.5 Å². The number of amides is 1. The van der Waals surface area contributed by atoms with Gasteiger partial charge in [0.05, 0.1) is 33.2 Å². The number of carbonyl (C=O) groups excluding carboxylic acids is 1. The molecule has 7 nitrogen and oxygen atoms in total. The number of hydrazine groups is 1. The molecule has 0 aliphatic carbocycles. The van der Waals surface area contributed by atoms with Gasteiger partial charge in [-0.05, 0) is 64.0 Å². The van der Waals surface area contributed by atoms with Crippen LogP contribution in [0.5, 0.6) is 0 Å². The molecule has 0 radical (unpaired) electrons. The highest BCUT2D eigenvalue weighted by Crippen LogP contribution is 2.32. The normalized spacial score (nSPS) is 13.8. The Morgan fingerprint density at radius 1 is 1.02 bits per heavy atom. The van der Waals surface area contributed by atoms with Crippen LogP contribution in [0.25, 0.3) is 33.6 Å². The van der Waals surface area contributed by atoms with E-state index < -0.39 is 0 Å². The fraction of sp³-hybridized carbons (Fsp3) is 0.324. The van der Waals surface area contributed by atoms with E-state index in [1.165, 1.54) is 11.3 Å². The lowest BCUT2D eigenvalue weighted by Crippen LogP contribution is -2.43. The van der Waals surface area contributed by atoms with Crippen LogP contribution in [0.2, 0.25) is 5.02 Å². The number of aryl methyl sites for hydroxylation is 1. The van der Waals surface area contributed by atoms with Crippen LogP contribution in [-0.4, -0.2) is 47.7 Å². The quantitative estimate of drug-likeness (QED) is 0.232. The maximum atomic E-state index is 14.5.